The highest BCUT2D eigenvalue weighted by Gasteiger charge is 2.27. The highest BCUT2D eigenvalue weighted by Crippen LogP contribution is 2.27. The standard InChI is InChI=1S/C22H18Cl2N2O4S/c1-15(27)16-4-2-6-19(12-16)25-22(28)14-26(20-7-3-5-18(24)13-20)31(29,30)21-10-8-17(23)9-11-21/h2-13H,14H2,1H3,(H,25,28). The number of hydrogen-bond acceptors (Lipinski definition) is 4. The first-order valence-corrected chi connectivity index (χ1v) is 11.3. The van der Waals surface area contributed by atoms with Crippen LogP contribution >= 0.6 is 23.2 Å². The molecule has 3 aromatic rings. The average Bonchev–Trinajstić information content (AvgIpc) is 2.72. The van der Waals surface area contributed by atoms with Crippen LogP contribution in [-0.4, -0.2) is 26.7 Å². The number of nitrogens with zero attached hydrogens (tertiary/aromatic N) is 1. The van der Waals surface area contributed by atoms with E-state index in [0.29, 0.717) is 21.3 Å². The Balaban J connectivity index is 1.93. The molecular formula is C22H18Cl2N2O4S. The minimum Gasteiger partial charge on any atom is -0.324 e. The second-order valence-corrected chi connectivity index (χ2v) is 9.37. The van der Waals surface area contributed by atoms with Gasteiger partial charge in [-0.1, -0.05) is 41.4 Å². The summed E-state index contributed by atoms with van der Waals surface area (Å²) in [5.74, 6) is -0.736. The van der Waals surface area contributed by atoms with Gasteiger partial charge in [-0.05, 0) is 61.5 Å². The third-order valence-corrected chi connectivity index (χ3v) is 6.61. The normalized spacial score (nSPS) is 11.1. The van der Waals surface area contributed by atoms with E-state index in [2.05, 4.69) is 5.32 Å². The second kappa shape index (κ2) is 9.51. The lowest BCUT2D eigenvalue weighted by Crippen LogP contribution is -2.38. The van der Waals surface area contributed by atoms with Crippen LogP contribution < -0.4 is 9.62 Å². The molecular weight excluding hydrogens is 459 g/mol. The van der Waals surface area contributed by atoms with Gasteiger partial charge in [0.1, 0.15) is 6.54 Å². The molecule has 9 heteroatoms. The maximum absolute atomic E-state index is 13.3. The van der Waals surface area contributed by atoms with Gasteiger partial charge < -0.3 is 5.32 Å². The van der Waals surface area contributed by atoms with E-state index in [1.807, 2.05) is 0 Å². The highest BCUT2D eigenvalue weighted by atomic mass is 35.5. The number of sulfonamides is 1. The maximum atomic E-state index is 13.3. The summed E-state index contributed by atoms with van der Waals surface area (Å²) in [6.07, 6.45) is 0. The van der Waals surface area contributed by atoms with Gasteiger partial charge >= 0.3 is 0 Å². The van der Waals surface area contributed by atoms with E-state index in [1.165, 1.54) is 43.3 Å². The van der Waals surface area contributed by atoms with Gasteiger partial charge in [-0.2, -0.15) is 0 Å². The third-order valence-electron chi connectivity index (χ3n) is 4.34. The van der Waals surface area contributed by atoms with Crippen LogP contribution in [0.15, 0.2) is 77.7 Å². The Bertz CT molecular complexity index is 1230. The number of Topliss-reactive ketones (excluding diaryl/α,β-unsaturated/α-hetero) is 1. The minimum atomic E-state index is -4.10. The molecule has 3 rings (SSSR count). The van der Waals surface area contributed by atoms with E-state index < -0.39 is 22.5 Å². The van der Waals surface area contributed by atoms with Crippen molar-refractivity contribution in [3.63, 3.8) is 0 Å². The SMILES string of the molecule is CC(=O)c1cccc(NC(=O)CN(c2cccc(Cl)c2)S(=O)(=O)c2ccc(Cl)cc2)c1. The molecule has 6 nitrogen and oxygen atoms in total. The maximum Gasteiger partial charge on any atom is 0.264 e. The van der Waals surface area contributed by atoms with Crippen LogP contribution in [-0.2, 0) is 14.8 Å². The molecule has 1 amide bonds. The quantitative estimate of drug-likeness (QED) is 0.484. The van der Waals surface area contributed by atoms with Gasteiger partial charge in [0.25, 0.3) is 10.0 Å². The summed E-state index contributed by atoms with van der Waals surface area (Å²) in [6, 6.07) is 18.2. The fourth-order valence-electron chi connectivity index (χ4n) is 2.83. The molecule has 0 aliphatic rings. The zero-order valence-electron chi connectivity index (χ0n) is 16.4. The molecule has 0 spiro atoms. The lowest BCUT2D eigenvalue weighted by Gasteiger charge is -2.24. The summed E-state index contributed by atoms with van der Waals surface area (Å²) in [7, 11) is -4.10. The molecule has 160 valence electrons. The first-order valence-electron chi connectivity index (χ1n) is 9.11. The molecule has 0 aliphatic heterocycles. The van der Waals surface area contributed by atoms with Crippen LogP contribution in [0.3, 0.4) is 0 Å². The predicted octanol–water partition coefficient (Wildman–Crippen LogP) is 5.03. The Morgan fingerprint density at radius 1 is 0.903 bits per heavy atom. The number of benzene rings is 3. The van der Waals surface area contributed by atoms with Crippen molar-refractivity contribution in [1.82, 2.24) is 0 Å². The van der Waals surface area contributed by atoms with E-state index >= 15 is 0 Å². The number of amides is 1. The summed E-state index contributed by atoms with van der Waals surface area (Å²) < 4.78 is 27.6. The number of ketones is 1. The van der Waals surface area contributed by atoms with Gasteiger partial charge in [-0.25, -0.2) is 8.42 Å². The summed E-state index contributed by atoms with van der Waals surface area (Å²) in [5, 5.41) is 3.34. The molecule has 3 aromatic carbocycles. The fraction of sp³-hybridized carbons (Fsp3) is 0.0909. The van der Waals surface area contributed by atoms with Crippen molar-refractivity contribution in [2.45, 2.75) is 11.8 Å². The molecule has 0 radical (unpaired) electrons. The number of anilines is 2. The zero-order valence-corrected chi connectivity index (χ0v) is 18.7. The van der Waals surface area contributed by atoms with E-state index in [-0.39, 0.29) is 16.4 Å². The van der Waals surface area contributed by atoms with Crippen LogP contribution in [0.5, 0.6) is 0 Å². The fourth-order valence-corrected chi connectivity index (χ4v) is 4.55. The van der Waals surface area contributed by atoms with Gasteiger partial charge in [-0.15, -0.1) is 0 Å². The summed E-state index contributed by atoms with van der Waals surface area (Å²) in [4.78, 5) is 24.3. The molecule has 1 N–H and O–H groups in total. The van der Waals surface area contributed by atoms with Gasteiger partial charge in [0.2, 0.25) is 5.91 Å². The Morgan fingerprint density at radius 2 is 1.58 bits per heavy atom. The monoisotopic (exact) mass is 476 g/mol. The Hall–Kier alpha value is -2.87. The molecule has 0 aliphatic carbocycles. The number of carbonyl (C=O) groups is 2. The topological polar surface area (TPSA) is 83.6 Å². The van der Waals surface area contributed by atoms with Crippen LogP contribution in [0, 0.1) is 0 Å². The van der Waals surface area contributed by atoms with Gasteiger partial charge in [0.15, 0.2) is 5.78 Å². The highest BCUT2D eigenvalue weighted by molar-refractivity contribution is 7.92. The van der Waals surface area contributed by atoms with E-state index in [0.717, 1.165) is 4.31 Å². The Kier molecular flexibility index (Phi) is 7.00. The first-order chi connectivity index (χ1) is 14.7. The van der Waals surface area contributed by atoms with Crippen molar-refractivity contribution in [2.24, 2.45) is 0 Å². The van der Waals surface area contributed by atoms with Crippen molar-refractivity contribution < 1.29 is 18.0 Å². The number of hydrogen-bond donors (Lipinski definition) is 1. The average molecular weight is 477 g/mol. The number of nitrogens with one attached hydrogen (secondary N) is 1. The van der Waals surface area contributed by atoms with Gasteiger partial charge in [-0.3, -0.25) is 13.9 Å². The van der Waals surface area contributed by atoms with E-state index in [9.17, 15) is 18.0 Å². The lowest BCUT2D eigenvalue weighted by molar-refractivity contribution is -0.114. The second-order valence-electron chi connectivity index (χ2n) is 6.63. The van der Waals surface area contributed by atoms with Crippen LogP contribution in [0.4, 0.5) is 11.4 Å². The zero-order chi connectivity index (χ0) is 22.6. The van der Waals surface area contributed by atoms with Crippen molar-refractivity contribution in [3.8, 4) is 0 Å². The minimum absolute atomic E-state index is 0.0248. The predicted molar refractivity (Wildman–Crippen MR) is 123 cm³/mol. The lowest BCUT2D eigenvalue weighted by atomic mass is 10.1. The van der Waals surface area contributed by atoms with Crippen LogP contribution in [0.2, 0.25) is 10.0 Å². The largest absolute Gasteiger partial charge is 0.324 e. The van der Waals surface area contributed by atoms with Crippen LogP contribution in [0.1, 0.15) is 17.3 Å². The smallest absolute Gasteiger partial charge is 0.264 e. The molecule has 0 heterocycles. The van der Waals surface area contributed by atoms with Crippen molar-refractivity contribution >= 4 is 56.3 Å². The summed E-state index contributed by atoms with van der Waals surface area (Å²) in [6.45, 7) is 0.913. The molecule has 0 saturated carbocycles. The Labute approximate surface area is 190 Å². The number of carbonyl (C=O) groups excluding carboxylic acids is 2. The molecule has 0 atom stereocenters. The van der Waals surface area contributed by atoms with Crippen molar-refractivity contribution in [1.29, 1.82) is 0 Å². The van der Waals surface area contributed by atoms with E-state index in [1.54, 1.807) is 36.4 Å². The number of halogens is 2. The molecule has 0 bridgehead atoms. The van der Waals surface area contributed by atoms with Gasteiger partial charge in [0.05, 0.1) is 10.6 Å². The molecule has 0 aromatic heterocycles. The molecule has 31 heavy (non-hydrogen) atoms. The van der Waals surface area contributed by atoms with Crippen LogP contribution in [0.25, 0.3) is 0 Å². The van der Waals surface area contributed by atoms with Gasteiger partial charge in [0, 0.05) is 21.3 Å². The summed E-state index contributed by atoms with van der Waals surface area (Å²) >= 11 is 11.9. The van der Waals surface area contributed by atoms with Crippen molar-refractivity contribution in [2.75, 3.05) is 16.2 Å². The number of rotatable bonds is 7. The molecule has 0 fully saturated rings. The summed E-state index contributed by atoms with van der Waals surface area (Å²) in [5.41, 5.74) is 1.04. The van der Waals surface area contributed by atoms with Crippen molar-refractivity contribution in [3.05, 3.63) is 88.4 Å². The molecule has 0 saturated heterocycles. The Morgan fingerprint density at radius 3 is 2.23 bits per heavy atom. The third kappa shape index (κ3) is 5.64. The van der Waals surface area contributed by atoms with E-state index in [4.69, 9.17) is 23.2 Å². The molecule has 0 unspecified atom stereocenters. The first kappa shape index (κ1) is 22.8.